The zero-order valence-electron chi connectivity index (χ0n) is 12.0. The molecule has 0 bridgehead atoms. The highest BCUT2D eigenvalue weighted by Gasteiger charge is 2.18. The molecule has 0 fully saturated rings. The molecule has 0 spiro atoms. The van der Waals surface area contributed by atoms with E-state index in [2.05, 4.69) is 9.82 Å². The number of nitrogens with one attached hydrogen (secondary N) is 1. The molecule has 0 radical (unpaired) electrons. The number of ether oxygens (including phenoxy) is 2. The molecule has 21 heavy (non-hydrogen) atoms. The highest BCUT2D eigenvalue weighted by atomic mass is 32.2. The number of benzene rings is 1. The van der Waals surface area contributed by atoms with Gasteiger partial charge in [-0.05, 0) is 19.1 Å². The van der Waals surface area contributed by atoms with Crippen LogP contribution in [0.25, 0.3) is 0 Å². The van der Waals surface area contributed by atoms with Gasteiger partial charge >= 0.3 is 0 Å². The third-order valence-corrected chi connectivity index (χ3v) is 4.22. The maximum Gasteiger partial charge on any atom is 0.263 e. The molecule has 2 aromatic rings. The van der Waals surface area contributed by atoms with Gasteiger partial charge < -0.3 is 9.47 Å². The van der Waals surface area contributed by atoms with Crippen molar-refractivity contribution in [1.29, 1.82) is 0 Å². The summed E-state index contributed by atoms with van der Waals surface area (Å²) in [7, 11) is -0.790. The molecule has 1 aromatic carbocycles. The quantitative estimate of drug-likeness (QED) is 0.878. The van der Waals surface area contributed by atoms with Crippen LogP contribution in [-0.4, -0.2) is 32.4 Å². The summed E-state index contributed by atoms with van der Waals surface area (Å²) in [5.74, 6) is 1.08. The van der Waals surface area contributed by atoms with Crippen molar-refractivity contribution in [3.8, 4) is 11.5 Å². The molecule has 7 nitrogen and oxygen atoms in total. The van der Waals surface area contributed by atoms with E-state index in [-0.39, 0.29) is 10.7 Å². The van der Waals surface area contributed by atoms with Crippen LogP contribution in [0.5, 0.6) is 11.5 Å². The van der Waals surface area contributed by atoms with Crippen LogP contribution in [0, 0.1) is 0 Å². The van der Waals surface area contributed by atoms with Crippen molar-refractivity contribution in [2.75, 3.05) is 18.9 Å². The normalized spacial score (nSPS) is 11.2. The number of hydrogen-bond donors (Lipinski definition) is 1. The standard InChI is InChI=1S/C13H17N3O4S/c1-4-16-8-7-13(14-16)15-21(17,18)10-5-6-11(19-2)12(9-10)20-3/h5-9H,4H2,1-3H3,(H,14,15). The van der Waals surface area contributed by atoms with E-state index in [1.165, 1.54) is 32.4 Å². The SMILES string of the molecule is CCn1ccc(NS(=O)(=O)c2ccc(OC)c(OC)c2)n1. The molecule has 0 aliphatic heterocycles. The predicted molar refractivity (Wildman–Crippen MR) is 78.3 cm³/mol. The lowest BCUT2D eigenvalue weighted by atomic mass is 10.3. The maximum atomic E-state index is 12.3. The zero-order valence-corrected chi connectivity index (χ0v) is 12.8. The first-order chi connectivity index (χ1) is 10.00. The highest BCUT2D eigenvalue weighted by molar-refractivity contribution is 7.92. The van der Waals surface area contributed by atoms with Crippen molar-refractivity contribution >= 4 is 15.8 Å². The van der Waals surface area contributed by atoms with Crippen LogP contribution in [0.3, 0.4) is 0 Å². The summed E-state index contributed by atoms with van der Waals surface area (Å²) in [4.78, 5) is 0.0752. The van der Waals surface area contributed by atoms with Gasteiger partial charge in [-0.3, -0.25) is 9.40 Å². The van der Waals surface area contributed by atoms with Gasteiger partial charge in [-0.15, -0.1) is 0 Å². The summed E-state index contributed by atoms with van der Waals surface area (Å²) in [6, 6.07) is 5.98. The molecule has 1 aromatic heterocycles. The van der Waals surface area contributed by atoms with E-state index in [9.17, 15) is 8.42 Å². The maximum absolute atomic E-state index is 12.3. The molecule has 0 unspecified atom stereocenters. The molecule has 1 N–H and O–H groups in total. The fourth-order valence-corrected chi connectivity index (χ4v) is 2.78. The Hall–Kier alpha value is -2.22. The van der Waals surface area contributed by atoms with E-state index in [0.717, 1.165) is 0 Å². The molecule has 0 saturated carbocycles. The van der Waals surface area contributed by atoms with Gasteiger partial charge in [0.15, 0.2) is 17.3 Å². The number of methoxy groups -OCH3 is 2. The Morgan fingerprint density at radius 3 is 2.48 bits per heavy atom. The number of sulfonamides is 1. The van der Waals surface area contributed by atoms with E-state index in [1.807, 2.05) is 6.92 Å². The molecule has 0 aliphatic carbocycles. The molecule has 0 amide bonds. The van der Waals surface area contributed by atoms with Crippen LogP contribution >= 0.6 is 0 Å². The Kier molecular flexibility index (Phi) is 4.37. The molecule has 0 atom stereocenters. The second-order valence-electron chi connectivity index (χ2n) is 4.18. The van der Waals surface area contributed by atoms with Gasteiger partial charge in [-0.2, -0.15) is 5.10 Å². The Morgan fingerprint density at radius 1 is 1.19 bits per heavy atom. The first-order valence-corrected chi connectivity index (χ1v) is 7.76. The molecule has 8 heteroatoms. The minimum atomic E-state index is -3.73. The van der Waals surface area contributed by atoms with Crippen LogP contribution in [0.2, 0.25) is 0 Å². The largest absolute Gasteiger partial charge is 0.493 e. The lowest BCUT2D eigenvalue weighted by Gasteiger charge is -2.10. The summed E-state index contributed by atoms with van der Waals surface area (Å²) in [5, 5.41) is 4.09. The van der Waals surface area contributed by atoms with Gasteiger partial charge in [0.05, 0.1) is 19.1 Å². The third kappa shape index (κ3) is 3.27. The molecular formula is C13H17N3O4S. The number of rotatable bonds is 6. The van der Waals surface area contributed by atoms with E-state index < -0.39 is 10.0 Å². The number of anilines is 1. The van der Waals surface area contributed by atoms with Gasteiger partial charge in [-0.1, -0.05) is 0 Å². The van der Waals surface area contributed by atoms with Gasteiger partial charge in [0.1, 0.15) is 0 Å². The first-order valence-electron chi connectivity index (χ1n) is 6.28. The molecule has 0 aliphatic rings. The zero-order chi connectivity index (χ0) is 15.5. The summed E-state index contributed by atoms with van der Waals surface area (Å²) < 4.78 is 38.9. The number of hydrogen-bond acceptors (Lipinski definition) is 5. The lowest BCUT2D eigenvalue weighted by molar-refractivity contribution is 0.354. The van der Waals surface area contributed by atoms with Crippen LogP contribution in [0.4, 0.5) is 5.82 Å². The van der Waals surface area contributed by atoms with Crippen molar-refractivity contribution in [2.24, 2.45) is 0 Å². The van der Waals surface area contributed by atoms with Crippen LogP contribution in [0.1, 0.15) is 6.92 Å². The van der Waals surface area contributed by atoms with Crippen molar-refractivity contribution in [1.82, 2.24) is 9.78 Å². The number of aryl methyl sites for hydroxylation is 1. The number of nitrogens with zero attached hydrogens (tertiary/aromatic N) is 2. The molecule has 0 saturated heterocycles. The Morgan fingerprint density at radius 2 is 1.90 bits per heavy atom. The summed E-state index contributed by atoms with van der Waals surface area (Å²) >= 11 is 0. The van der Waals surface area contributed by atoms with Crippen LogP contribution in [0.15, 0.2) is 35.4 Å². The summed E-state index contributed by atoms with van der Waals surface area (Å²) in [6.07, 6.45) is 1.70. The molecule has 2 rings (SSSR count). The smallest absolute Gasteiger partial charge is 0.263 e. The average molecular weight is 311 g/mol. The summed E-state index contributed by atoms with van der Waals surface area (Å²) in [6.45, 7) is 2.58. The van der Waals surface area contributed by atoms with Gasteiger partial charge in [0.2, 0.25) is 0 Å². The second kappa shape index (κ2) is 6.04. The molecule has 114 valence electrons. The Balaban J connectivity index is 2.30. The molecular weight excluding hydrogens is 294 g/mol. The van der Waals surface area contributed by atoms with Gasteiger partial charge in [0, 0.05) is 24.9 Å². The fraction of sp³-hybridized carbons (Fsp3) is 0.308. The van der Waals surface area contributed by atoms with Crippen LogP contribution < -0.4 is 14.2 Å². The van der Waals surface area contributed by atoms with E-state index in [1.54, 1.807) is 16.9 Å². The second-order valence-corrected chi connectivity index (χ2v) is 5.86. The van der Waals surface area contributed by atoms with Gasteiger partial charge in [-0.25, -0.2) is 8.42 Å². The van der Waals surface area contributed by atoms with Crippen molar-refractivity contribution in [2.45, 2.75) is 18.4 Å². The third-order valence-electron chi connectivity index (χ3n) is 2.87. The first kappa shape index (κ1) is 15.2. The molecule has 1 heterocycles. The lowest BCUT2D eigenvalue weighted by Crippen LogP contribution is -2.14. The topological polar surface area (TPSA) is 82.5 Å². The van der Waals surface area contributed by atoms with E-state index >= 15 is 0 Å². The highest BCUT2D eigenvalue weighted by Crippen LogP contribution is 2.29. The van der Waals surface area contributed by atoms with E-state index in [4.69, 9.17) is 9.47 Å². The van der Waals surface area contributed by atoms with Gasteiger partial charge in [0.25, 0.3) is 10.0 Å². The Bertz CT molecular complexity index is 725. The fourth-order valence-electron chi connectivity index (χ4n) is 1.77. The van der Waals surface area contributed by atoms with Crippen molar-refractivity contribution in [3.63, 3.8) is 0 Å². The van der Waals surface area contributed by atoms with Crippen LogP contribution in [-0.2, 0) is 16.6 Å². The monoisotopic (exact) mass is 311 g/mol. The average Bonchev–Trinajstić information content (AvgIpc) is 2.93. The summed E-state index contributed by atoms with van der Waals surface area (Å²) in [5.41, 5.74) is 0. The Labute approximate surface area is 123 Å². The minimum Gasteiger partial charge on any atom is -0.493 e. The van der Waals surface area contributed by atoms with E-state index in [0.29, 0.717) is 18.0 Å². The predicted octanol–water partition coefficient (Wildman–Crippen LogP) is 1.72. The minimum absolute atomic E-state index is 0.0752. The van der Waals surface area contributed by atoms with Crippen molar-refractivity contribution in [3.05, 3.63) is 30.5 Å². The number of aromatic nitrogens is 2. The van der Waals surface area contributed by atoms with Crippen molar-refractivity contribution < 1.29 is 17.9 Å².